The average Bonchev–Trinajstić information content (AvgIpc) is 2.24. The van der Waals surface area contributed by atoms with Gasteiger partial charge in [-0.1, -0.05) is 30.3 Å². The lowest BCUT2D eigenvalue weighted by atomic mass is 10.0. The first-order chi connectivity index (χ1) is 7.25. The van der Waals surface area contributed by atoms with E-state index in [2.05, 4.69) is 0 Å². The number of piperidine rings is 1. The van der Waals surface area contributed by atoms with Crippen molar-refractivity contribution in [2.45, 2.75) is 25.4 Å². The van der Waals surface area contributed by atoms with Gasteiger partial charge < -0.3 is 10.6 Å². The first-order valence-electron chi connectivity index (χ1n) is 5.33. The van der Waals surface area contributed by atoms with Crippen LogP contribution >= 0.6 is 0 Å². The number of carbonyl (C=O) groups is 1. The Morgan fingerprint density at radius 2 is 2.07 bits per heavy atom. The molecule has 15 heavy (non-hydrogen) atoms. The molecule has 0 saturated carbocycles. The van der Waals surface area contributed by atoms with E-state index in [9.17, 15) is 4.79 Å². The summed E-state index contributed by atoms with van der Waals surface area (Å²) < 4.78 is 0. The standard InChI is InChI=1S/C12H16N2O/c13-11-6-7-14(12(15)8-11)9-10-4-2-1-3-5-10/h1-5,11H,6-9,13H2/t11-/m0/s1. The van der Waals surface area contributed by atoms with E-state index in [4.69, 9.17) is 5.73 Å². The second-order valence-corrected chi connectivity index (χ2v) is 4.05. The fourth-order valence-electron chi connectivity index (χ4n) is 1.87. The van der Waals surface area contributed by atoms with Crippen LogP contribution in [0.4, 0.5) is 0 Å². The van der Waals surface area contributed by atoms with Crippen LogP contribution in [0.5, 0.6) is 0 Å². The lowest BCUT2D eigenvalue weighted by Crippen LogP contribution is -2.43. The topological polar surface area (TPSA) is 46.3 Å². The van der Waals surface area contributed by atoms with Crippen LogP contribution in [-0.2, 0) is 11.3 Å². The molecule has 1 aliphatic rings. The van der Waals surface area contributed by atoms with Crippen LogP contribution in [0.25, 0.3) is 0 Å². The highest BCUT2D eigenvalue weighted by atomic mass is 16.2. The highest BCUT2D eigenvalue weighted by molar-refractivity contribution is 5.77. The fraction of sp³-hybridized carbons (Fsp3) is 0.417. The molecule has 80 valence electrons. The lowest BCUT2D eigenvalue weighted by molar-refractivity contribution is -0.134. The number of amides is 1. The highest BCUT2D eigenvalue weighted by Crippen LogP contribution is 2.13. The Kier molecular flexibility index (Phi) is 3.02. The Hall–Kier alpha value is -1.35. The Morgan fingerprint density at radius 1 is 1.33 bits per heavy atom. The molecule has 1 aromatic carbocycles. The third kappa shape index (κ3) is 2.57. The van der Waals surface area contributed by atoms with Crippen molar-refractivity contribution in [3.8, 4) is 0 Å². The molecule has 0 radical (unpaired) electrons. The summed E-state index contributed by atoms with van der Waals surface area (Å²) in [6.45, 7) is 1.50. The molecule has 1 amide bonds. The molecular weight excluding hydrogens is 188 g/mol. The summed E-state index contributed by atoms with van der Waals surface area (Å²) in [4.78, 5) is 13.5. The summed E-state index contributed by atoms with van der Waals surface area (Å²) in [5.74, 6) is 0.178. The zero-order valence-corrected chi connectivity index (χ0v) is 8.73. The van der Waals surface area contributed by atoms with Gasteiger partial charge in [-0.2, -0.15) is 0 Å². The van der Waals surface area contributed by atoms with Crippen molar-refractivity contribution in [2.24, 2.45) is 5.73 Å². The minimum absolute atomic E-state index is 0.0597. The number of rotatable bonds is 2. The van der Waals surface area contributed by atoms with Crippen LogP contribution in [0.2, 0.25) is 0 Å². The van der Waals surface area contributed by atoms with E-state index >= 15 is 0 Å². The molecule has 1 saturated heterocycles. The number of likely N-dealkylation sites (tertiary alicyclic amines) is 1. The van der Waals surface area contributed by atoms with Crippen molar-refractivity contribution in [3.63, 3.8) is 0 Å². The molecule has 3 heteroatoms. The third-order valence-corrected chi connectivity index (χ3v) is 2.78. The monoisotopic (exact) mass is 204 g/mol. The highest BCUT2D eigenvalue weighted by Gasteiger charge is 2.22. The normalized spacial score (nSPS) is 21.8. The van der Waals surface area contributed by atoms with Gasteiger partial charge in [0.05, 0.1) is 0 Å². The van der Waals surface area contributed by atoms with Crippen LogP contribution in [-0.4, -0.2) is 23.4 Å². The molecule has 0 aliphatic carbocycles. The number of nitrogens with zero attached hydrogens (tertiary/aromatic N) is 1. The van der Waals surface area contributed by atoms with Gasteiger partial charge in [-0.3, -0.25) is 4.79 Å². The summed E-state index contributed by atoms with van der Waals surface area (Å²) in [6.07, 6.45) is 1.41. The van der Waals surface area contributed by atoms with E-state index in [0.29, 0.717) is 13.0 Å². The Bertz CT molecular complexity index is 337. The summed E-state index contributed by atoms with van der Waals surface area (Å²) in [7, 11) is 0. The van der Waals surface area contributed by atoms with Crippen molar-refractivity contribution < 1.29 is 4.79 Å². The summed E-state index contributed by atoms with van der Waals surface area (Å²) in [6, 6.07) is 10.1. The summed E-state index contributed by atoms with van der Waals surface area (Å²) in [5, 5.41) is 0. The van der Waals surface area contributed by atoms with Crippen LogP contribution in [0.1, 0.15) is 18.4 Å². The molecule has 0 spiro atoms. The minimum Gasteiger partial charge on any atom is -0.338 e. The number of nitrogens with two attached hydrogens (primary N) is 1. The molecular formula is C12H16N2O. The van der Waals surface area contributed by atoms with E-state index in [1.54, 1.807) is 0 Å². The second kappa shape index (κ2) is 4.45. The molecule has 2 N–H and O–H groups in total. The van der Waals surface area contributed by atoms with Crippen LogP contribution in [0.3, 0.4) is 0 Å². The SMILES string of the molecule is N[C@H]1CCN(Cc2ccccc2)C(=O)C1. The van der Waals surface area contributed by atoms with Gasteiger partial charge in [-0.25, -0.2) is 0 Å². The Morgan fingerprint density at radius 3 is 2.73 bits per heavy atom. The lowest BCUT2D eigenvalue weighted by Gasteiger charge is -2.30. The maximum atomic E-state index is 11.7. The maximum absolute atomic E-state index is 11.7. The quantitative estimate of drug-likeness (QED) is 0.785. The first kappa shape index (κ1) is 10.2. The molecule has 3 nitrogen and oxygen atoms in total. The van der Waals surface area contributed by atoms with Crippen LogP contribution in [0, 0.1) is 0 Å². The predicted molar refractivity (Wildman–Crippen MR) is 59.1 cm³/mol. The molecule has 0 unspecified atom stereocenters. The molecule has 0 bridgehead atoms. The zero-order valence-electron chi connectivity index (χ0n) is 8.73. The molecule has 2 rings (SSSR count). The first-order valence-corrected chi connectivity index (χ1v) is 5.33. The van der Waals surface area contributed by atoms with Crippen molar-refractivity contribution in [1.82, 2.24) is 4.90 Å². The molecule has 1 aliphatic heterocycles. The predicted octanol–water partition coefficient (Wildman–Crippen LogP) is 1.14. The van der Waals surface area contributed by atoms with Crippen LogP contribution < -0.4 is 5.73 Å². The van der Waals surface area contributed by atoms with E-state index < -0.39 is 0 Å². The van der Waals surface area contributed by atoms with Gasteiger partial charge in [-0.15, -0.1) is 0 Å². The van der Waals surface area contributed by atoms with Gasteiger partial charge in [0.25, 0.3) is 0 Å². The Labute approximate surface area is 89.9 Å². The molecule has 1 aromatic rings. The molecule has 1 heterocycles. The van der Waals surface area contributed by atoms with E-state index in [-0.39, 0.29) is 11.9 Å². The van der Waals surface area contributed by atoms with Crippen molar-refractivity contribution in [1.29, 1.82) is 0 Å². The maximum Gasteiger partial charge on any atom is 0.224 e. The second-order valence-electron chi connectivity index (χ2n) is 4.05. The van der Waals surface area contributed by atoms with Gasteiger partial charge in [0.2, 0.25) is 5.91 Å². The number of carbonyl (C=O) groups excluding carboxylic acids is 1. The van der Waals surface area contributed by atoms with Crippen molar-refractivity contribution >= 4 is 5.91 Å². The number of hydrogen-bond acceptors (Lipinski definition) is 2. The van der Waals surface area contributed by atoms with Crippen molar-refractivity contribution in [2.75, 3.05) is 6.54 Å². The van der Waals surface area contributed by atoms with Crippen molar-refractivity contribution in [3.05, 3.63) is 35.9 Å². The molecule has 1 atom stereocenters. The third-order valence-electron chi connectivity index (χ3n) is 2.78. The van der Waals surface area contributed by atoms with E-state index in [1.165, 1.54) is 5.56 Å². The largest absolute Gasteiger partial charge is 0.338 e. The van der Waals surface area contributed by atoms with E-state index in [1.807, 2.05) is 35.2 Å². The smallest absolute Gasteiger partial charge is 0.224 e. The molecule has 0 aromatic heterocycles. The van der Waals surface area contributed by atoms with Gasteiger partial charge in [0, 0.05) is 25.6 Å². The number of benzene rings is 1. The number of hydrogen-bond donors (Lipinski definition) is 1. The fourth-order valence-corrected chi connectivity index (χ4v) is 1.87. The average molecular weight is 204 g/mol. The minimum atomic E-state index is 0.0597. The van der Waals surface area contributed by atoms with E-state index in [0.717, 1.165) is 13.0 Å². The van der Waals surface area contributed by atoms with Gasteiger partial charge in [0.1, 0.15) is 0 Å². The van der Waals surface area contributed by atoms with Gasteiger partial charge in [0.15, 0.2) is 0 Å². The van der Waals surface area contributed by atoms with Gasteiger partial charge >= 0.3 is 0 Å². The summed E-state index contributed by atoms with van der Waals surface area (Å²) in [5.41, 5.74) is 6.92. The summed E-state index contributed by atoms with van der Waals surface area (Å²) >= 11 is 0. The van der Waals surface area contributed by atoms with Gasteiger partial charge in [-0.05, 0) is 12.0 Å². The Balaban J connectivity index is 1.98. The van der Waals surface area contributed by atoms with Crippen LogP contribution in [0.15, 0.2) is 30.3 Å². The zero-order chi connectivity index (χ0) is 10.7. The molecule has 1 fully saturated rings.